The van der Waals surface area contributed by atoms with Gasteiger partial charge >= 0.3 is 0 Å². The Balaban J connectivity index is 1.43. The Labute approximate surface area is 208 Å². The van der Waals surface area contributed by atoms with Gasteiger partial charge < -0.3 is 18.9 Å². The van der Waals surface area contributed by atoms with Crippen LogP contribution < -0.4 is 24.4 Å². The third-order valence-electron chi connectivity index (χ3n) is 4.65. The first-order chi connectivity index (χ1) is 15.9. The van der Waals surface area contributed by atoms with E-state index in [2.05, 4.69) is 26.5 Å². The van der Waals surface area contributed by atoms with Crippen LogP contribution in [0.5, 0.6) is 23.0 Å². The third kappa shape index (κ3) is 5.52. The van der Waals surface area contributed by atoms with Gasteiger partial charge in [0.25, 0.3) is 5.91 Å². The number of fused-ring (bicyclic) bond motifs is 1. The summed E-state index contributed by atoms with van der Waals surface area (Å²) in [6.45, 7) is 0.367. The van der Waals surface area contributed by atoms with Gasteiger partial charge in [0.05, 0.1) is 17.8 Å². The maximum absolute atomic E-state index is 12.4. The lowest BCUT2D eigenvalue weighted by Gasteiger charge is -2.14. The number of carbonyl (C=O) groups is 1. The Hall–Kier alpha value is -2.94. The number of hydrazone groups is 1. The molecule has 33 heavy (non-hydrogen) atoms. The van der Waals surface area contributed by atoms with Crippen LogP contribution in [0.15, 0.2) is 58.1 Å². The lowest BCUT2D eigenvalue weighted by Crippen LogP contribution is -2.17. The molecule has 0 saturated carbocycles. The van der Waals surface area contributed by atoms with Crippen LogP contribution in [0.1, 0.15) is 21.5 Å². The molecule has 0 unspecified atom stereocenters. The molecule has 0 bridgehead atoms. The smallest absolute Gasteiger partial charge is 0.271 e. The van der Waals surface area contributed by atoms with E-state index in [0.29, 0.717) is 48.6 Å². The van der Waals surface area contributed by atoms with Crippen molar-refractivity contribution in [1.29, 1.82) is 0 Å². The maximum Gasteiger partial charge on any atom is 0.271 e. The number of carbonyl (C=O) groups excluding carboxylic acids is 1. The topological polar surface area (TPSA) is 78.4 Å². The molecule has 170 valence electrons. The van der Waals surface area contributed by atoms with E-state index in [1.54, 1.807) is 48.5 Å². The highest BCUT2D eigenvalue weighted by molar-refractivity contribution is 9.10. The van der Waals surface area contributed by atoms with Gasteiger partial charge in [-0.25, -0.2) is 5.43 Å². The standard InChI is InChI=1S/C23H17BrCl2N2O5/c1-30-21-7-13(6-17(24)22(21)31-11-15-2-4-16(25)9-18(15)26)10-27-28-23(29)14-3-5-19-20(8-14)33-12-32-19/h2-10H,11-12H2,1H3,(H,28,29)/b27-10+. The molecule has 0 aromatic heterocycles. The number of hydrogen-bond acceptors (Lipinski definition) is 6. The number of amides is 1. The van der Waals surface area contributed by atoms with Crippen molar-refractivity contribution >= 4 is 51.3 Å². The minimum atomic E-state index is -0.379. The normalized spacial score (nSPS) is 12.1. The largest absolute Gasteiger partial charge is 0.493 e. The molecule has 1 N–H and O–H groups in total. The van der Waals surface area contributed by atoms with Crippen molar-refractivity contribution in [2.24, 2.45) is 5.10 Å². The first-order valence-electron chi connectivity index (χ1n) is 9.62. The molecule has 1 aliphatic rings. The molecule has 1 aliphatic heterocycles. The van der Waals surface area contributed by atoms with Gasteiger partial charge in [-0.05, 0) is 64.0 Å². The fourth-order valence-electron chi connectivity index (χ4n) is 3.01. The molecule has 0 atom stereocenters. The molecule has 0 spiro atoms. The summed E-state index contributed by atoms with van der Waals surface area (Å²) in [6.07, 6.45) is 1.50. The second-order valence-corrected chi connectivity index (χ2v) is 8.52. The molecular weight excluding hydrogens is 535 g/mol. The zero-order valence-corrected chi connectivity index (χ0v) is 20.3. The van der Waals surface area contributed by atoms with Crippen LogP contribution in [0.25, 0.3) is 0 Å². The number of nitrogens with zero attached hydrogens (tertiary/aromatic N) is 1. The van der Waals surface area contributed by atoms with E-state index >= 15 is 0 Å². The molecule has 10 heteroatoms. The third-order valence-corrected chi connectivity index (χ3v) is 5.83. The first kappa shape index (κ1) is 23.2. The molecule has 4 rings (SSSR count). The number of nitrogens with one attached hydrogen (secondary N) is 1. The van der Waals surface area contributed by atoms with E-state index in [4.69, 9.17) is 42.1 Å². The number of halogens is 3. The fourth-order valence-corrected chi connectivity index (χ4v) is 4.05. The summed E-state index contributed by atoms with van der Waals surface area (Å²) in [6, 6.07) is 13.6. The summed E-state index contributed by atoms with van der Waals surface area (Å²) < 4.78 is 22.6. The van der Waals surface area contributed by atoms with Crippen LogP contribution in [0.4, 0.5) is 0 Å². The molecular formula is C23H17BrCl2N2O5. The second-order valence-electron chi connectivity index (χ2n) is 6.83. The van der Waals surface area contributed by atoms with E-state index in [0.717, 1.165) is 5.56 Å². The Morgan fingerprint density at radius 1 is 1.15 bits per heavy atom. The summed E-state index contributed by atoms with van der Waals surface area (Å²) in [5.41, 5.74) is 4.36. The van der Waals surface area contributed by atoms with Crippen molar-refractivity contribution in [2.45, 2.75) is 6.61 Å². The summed E-state index contributed by atoms with van der Waals surface area (Å²) in [5.74, 6) is 1.74. The van der Waals surface area contributed by atoms with Crippen molar-refractivity contribution in [1.82, 2.24) is 5.43 Å². The van der Waals surface area contributed by atoms with Crippen molar-refractivity contribution in [3.63, 3.8) is 0 Å². The van der Waals surface area contributed by atoms with E-state index in [1.807, 2.05) is 0 Å². The number of benzene rings is 3. The Bertz CT molecular complexity index is 1240. The Kier molecular flexibility index (Phi) is 7.27. The second kappa shape index (κ2) is 10.3. The molecule has 7 nitrogen and oxygen atoms in total. The van der Waals surface area contributed by atoms with Gasteiger partial charge in [0, 0.05) is 21.2 Å². The average Bonchev–Trinajstić information content (AvgIpc) is 3.27. The van der Waals surface area contributed by atoms with Gasteiger partial charge in [-0.1, -0.05) is 29.3 Å². The van der Waals surface area contributed by atoms with E-state index < -0.39 is 0 Å². The van der Waals surface area contributed by atoms with Crippen LogP contribution in [0, 0.1) is 0 Å². The molecule has 3 aromatic carbocycles. The Morgan fingerprint density at radius 3 is 2.76 bits per heavy atom. The van der Waals surface area contributed by atoms with Crippen LogP contribution in [-0.2, 0) is 6.61 Å². The van der Waals surface area contributed by atoms with Crippen molar-refractivity contribution in [3.05, 3.63) is 79.7 Å². The molecule has 1 amide bonds. The van der Waals surface area contributed by atoms with Crippen LogP contribution in [0.3, 0.4) is 0 Å². The molecule has 0 saturated heterocycles. The van der Waals surface area contributed by atoms with Gasteiger partial charge in [0.2, 0.25) is 6.79 Å². The minimum absolute atomic E-state index is 0.141. The monoisotopic (exact) mass is 550 g/mol. The van der Waals surface area contributed by atoms with E-state index in [9.17, 15) is 4.79 Å². The minimum Gasteiger partial charge on any atom is -0.493 e. The zero-order chi connectivity index (χ0) is 23.4. The van der Waals surface area contributed by atoms with Gasteiger partial charge in [-0.3, -0.25) is 4.79 Å². The number of ether oxygens (including phenoxy) is 4. The van der Waals surface area contributed by atoms with Gasteiger partial charge in [-0.15, -0.1) is 0 Å². The number of rotatable bonds is 7. The highest BCUT2D eigenvalue weighted by Crippen LogP contribution is 2.37. The zero-order valence-electron chi connectivity index (χ0n) is 17.2. The number of hydrogen-bond donors (Lipinski definition) is 1. The van der Waals surface area contributed by atoms with E-state index in [1.165, 1.54) is 13.3 Å². The molecule has 1 heterocycles. The summed E-state index contributed by atoms with van der Waals surface area (Å²) >= 11 is 15.7. The summed E-state index contributed by atoms with van der Waals surface area (Å²) in [4.78, 5) is 12.4. The number of methoxy groups -OCH3 is 1. The SMILES string of the molecule is COc1cc(/C=N/NC(=O)c2ccc3c(c2)OCO3)cc(Br)c1OCc1ccc(Cl)cc1Cl. The highest BCUT2D eigenvalue weighted by atomic mass is 79.9. The molecule has 0 radical (unpaired) electrons. The lowest BCUT2D eigenvalue weighted by atomic mass is 10.2. The predicted octanol–water partition coefficient (Wildman–Crippen LogP) is 5.84. The average molecular weight is 552 g/mol. The van der Waals surface area contributed by atoms with Crippen LogP contribution >= 0.6 is 39.1 Å². The van der Waals surface area contributed by atoms with Gasteiger partial charge in [-0.2, -0.15) is 5.10 Å². The van der Waals surface area contributed by atoms with Crippen molar-refractivity contribution < 1.29 is 23.7 Å². The molecule has 3 aromatic rings. The molecule has 0 aliphatic carbocycles. The molecule has 0 fully saturated rings. The first-order valence-corrected chi connectivity index (χ1v) is 11.2. The van der Waals surface area contributed by atoms with Crippen LogP contribution in [-0.4, -0.2) is 26.0 Å². The van der Waals surface area contributed by atoms with Gasteiger partial charge in [0.15, 0.2) is 23.0 Å². The summed E-state index contributed by atoms with van der Waals surface area (Å²) in [7, 11) is 1.53. The Morgan fingerprint density at radius 2 is 1.97 bits per heavy atom. The fraction of sp³-hybridized carbons (Fsp3) is 0.130. The lowest BCUT2D eigenvalue weighted by molar-refractivity contribution is 0.0954. The van der Waals surface area contributed by atoms with Crippen molar-refractivity contribution in [2.75, 3.05) is 13.9 Å². The van der Waals surface area contributed by atoms with Gasteiger partial charge in [0.1, 0.15) is 6.61 Å². The predicted molar refractivity (Wildman–Crippen MR) is 129 cm³/mol. The quantitative estimate of drug-likeness (QED) is 0.295. The van der Waals surface area contributed by atoms with E-state index in [-0.39, 0.29) is 19.3 Å². The highest BCUT2D eigenvalue weighted by Gasteiger charge is 2.16. The van der Waals surface area contributed by atoms with Crippen molar-refractivity contribution in [3.8, 4) is 23.0 Å². The summed E-state index contributed by atoms with van der Waals surface area (Å²) in [5, 5.41) is 5.09. The van der Waals surface area contributed by atoms with Crippen LogP contribution in [0.2, 0.25) is 10.0 Å². The maximum atomic E-state index is 12.4.